The van der Waals surface area contributed by atoms with E-state index in [4.69, 9.17) is 4.74 Å². The number of likely N-dealkylation sites (N-methyl/N-ethyl adjacent to an activating group) is 1. The summed E-state index contributed by atoms with van der Waals surface area (Å²) in [6.45, 7) is 0.172. The first-order valence-electron chi connectivity index (χ1n) is 10.3. The zero-order valence-electron chi connectivity index (χ0n) is 17.6. The number of halogens is 3. The third kappa shape index (κ3) is 3.78. The summed E-state index contributed by atoms with van der Waals surface area (Å²) in [5.74, 6) is -1.48. The summed E-state index contributed by atoms with van der Waals surface area (Å²) in [7, 11) is 1.65. The van der Waals surface area contributed by atoms with Gasteiger partial charge in [-0.2, -0.15) is 5.10 Å². The van der Waals surface area contributed by atoms with E-state index in [9.17, 15) is 18.4 Å². The topological polar surface area (TPSA) is 67.7 Å². The summed E-state index contributed by atoms with van der Waals surface area (Å²) in [5, 5.41) is 4.29. The average molecular weight is 517 g/mol. The van der Waals surface area contributed by atoms with Gasteiger partial charge in [-0.05, 0) is 36.8 Å². The monoisotopic (exact) mass is 516 g/mol. The molecule has 10 heteroatoms. The van der Waals surface area contributed by atoms with Gasteiger partial charge in [-0.25, -0.2) is 8.78 Å². The van der Waals surface area contributed by atoms with Crippen LogP contribution in [0.3, 0.4) is 0 Å². The second-order valence-corrected chi connectivity index (χ2v) is 8.90. The second-order valence-electron chi connectivity index (χ2n) is 7.99. The highest BCUT2D eigenvalue weighted by atomic mass is 79.9. The van der Waals surface area contributed by atoms with Crippen molar-refractivity contribution in [3.63, 3.8) is 0 Å². The standard InChI is InChI=1S/C23H19BrF2N4O3/c1-28-18-6-5-14(24)9-20(18)33-12-19(22(28)31)30-8-7-13-10-29(27-21(13)23(30)32)11-15-16(25)3-2-4-17(15)26/h2-6,9-10,19H,7-8,11-12H2,1H3/t19-/m0/s1. The van der Waals surface area contributed by atoms with Gasteiger partial charge in [-0.15, -0.1) is 0 Å². The highest BCUT2D eigenvalue weighted by Crippen LogP contribution is 2.34. The van der Waals surface area contributed by atoms with Gasteiger partial charge in [0.15, 0.2) is 5.69 Å². The molecule has 7 nitrogen and oxygen atoms in total. The molecule has 0 fully saturated rings. The lowest BCUT2D eigenvalue weighted by Crippen LogP contribution is -2.54. The van der Waals surface area contributed by atoms with E-state index in [0.29, 0.717) is 30.0 Å². The molecule has 0 aliphatic carbocycles. The predicted octanol–water partition coefficient (Wildman–Crippen LogP) is 3.39. The Bertz CT molecular complexity index is 1260. The number of benzene rings is 2. The SMILES string of the molecule is CN1C(=O)[C@@H](N2CCc3cn(Cc4c(F)cccc4F)nc3C2=O)COc2cc(Br)ccc21. The molecule has 0 N–H and O–H groups in total. The van der Waals surface area contributed by atoms with Gasteiger partial charge in [0.05, 0.1) is 12.2 Å². The van der Waals surface area contributed by atoms with Crippen LogP contribution >= 0.6 is 15.9 Å². The van der Waals surface area contributed by atoms with Crippen LogP contribution in [0.2, 0.25) is 0 Å². The van der Waals surface area contributed by atoms with E-state index in [2.05, 4.69) is 21.0 Å². The van der Waals surface area contributed by atoms with E-state index in [-0.39, 0.29) is 30.3 Å². The van der Waals surface area contributed by atoms with Gasteiger partial charge in [0.25, 0.3) is 11.8 Å². The van der Waals surface area contributed by atoms with Crippen LogP contribution < -0.4 is 9.64 Å². The molecule has 3 aromatic rings. The van der Waals surface area contributed by atoms with E-state index in [1.54, 1.807) is 25.4 Å². The van der Waals surface area contributed by atoms with Gasteiger partial charge < -0.3 is 14.5 Å². The Labute approximate surface area is 196 Å². The average Bonchev–Trinajstić information content (AvgIpc) is 3.16. The number of anilines is 1. The Morgan fingerprint density at radius 1 is 1.18 bits per heavy atom. The number of ether oxygens (including phenoxy) is 1. The minimum atomic E-state index is -0.823. The number of amides is 2. The first kappa shape index (κ1) is 21.6. The van der Waals surface area contributed by atoms with Crippen molar-refractivity contribution in [1.82, 2.24) is 14.7 Å². The molecule has 0 unspecified atom stereocenters. The lowest BCUT2D eigenvalue weighted by Gasteiger charge is -2.33. The Morgan fingerprint density at radius 3 is 2.70 bits per heavy atom. The summed E-state index contributed by atoms with van der Waals surface area (Å²) in [6.07, 6.45) is 2.09. The van der Waals surface area contributed by atoms with Gasteiger partial charge >= 0.3 is 0 Å². The maximum atomic E-state index is 14.0. The number of fused-ring (bicyclic) bond motifs is 2. The van der Waals surface area contributed by atoms with Crippen molar-refractivity contribution in [1.29, 1.82) is 0 Å². The zero-order valence-corrected chi connectivity index (χ0v) is 19.2. The molecule has 0 bridgehead atoms. The maximum Gasteiger partial charge on any atom is 0.275 e. The number of hydrogen-bond acceptors (Lipinski definition) is 4. The quantitative estimate of drug-likeness (QED) is 0.535. The molecule has 0 spiro atoms. The van der Waals surface area contributed by atoms with E-state index >= 15 is 0 Å². The van der Waals surface area contributed by atoms with Crippen LogP contribution in [0.1, 0.15) is 21.6 Å². The van der Waals surface area contributed by atoms with Gasteiger partial charge in [-0.1, -0.05) is 22.0 Å². The fraction of sp³-hybridized carbons (Fsp3) is 0.261. The maximum absolute atomic E-state index is 14.0. The number of nitrogens with zero attached hydrogens (tertiary/aromatic N) is 4. The normalized spacial score (nSPS) is 18.0. The highest BCUT2D eigenvalue weighted by Gasteiger charge is 2.40. The van der Waals surface area contributed by atoms with Crippen molar-refractivity contribution in [2.45, 2.75) is 19.0 Å². The number of rotatable bonds is 3. The van der Waals surface area contributed by atoms with Crippen LogP contribution in [0, 0.1) is 11.6 Å². The molecule has 1 aromatic heterocycles. The number of carbonyl (C=O) groups excluding carboxylic acids is 2. The van der Waals surface area contributed by atoms with E-state index in [1.807, 2.05) is 6.07 Å². The van der Waals surface area contributed by atoms with Crippen LogP contribution in [-0.2, 0) is 17.8 Å². The van der Waals surface area contributed by atoms with Crippen LogP contribution in [0.25, 0.3) is 0 Å². The lowest BCUT2D eigenvalue weighted by molar-refractivity contribution is -0.123. The molecular weight excluding hydrogens is 498 g/mol. The van der Waals surface area contributed by atoms with E-state index in [1.165, 1.54) is 32.7 Å². The minimum absolute atomic E-state index is 0.00878. The zero-order chi connectivity index (χ0) is 23.3. The largest absolute Gasteiger partial charge is 0.489 e. The summed E-state index contributed by atoms with van der Waals surface area (Å²) in [4.78, 5) is 29.4. The summed E-state index contributed by atoms with van der Waals surface area (Å²) >= 11 is 3.40. The van der Waals surface area contributed by atoms with Gasteiger partial charge in [-0.3, -0.25) is 14.3 Å². The fourth-order valence-electron chi connectivity index (χ4n) is 4.21. The van der Waals surface area contributed by atoms with Crippen molar-refractivity contribution in [3.8, 4) is 5.75 Å². The molecule has 2 amide bonds. The van der Waals surface area contributed by atoms with E-state index < -0.39 is 23.6 Å². The molecular formula is C23H19BrF2N4O3. The Balaban J connectivity index is 1.40. The van der Waals surface area contributed by atoms with Crippen molar-refractivity contribution in [2.24, 2.45) is 0 Å². The smallest absolute Gasteiger partial charge is 0.275 e. The Morgan fingerprint density at radius 2 is 1.94 bits per heavy atom. The van der Waals surface area contributed by atoms with Crippen LogP contribution in [-0.4, -0.2) is 52.7 Å². The molecule has 5 rings (SSSR count). The molecule has 2 aromatic carbocycles. The predicted molar refractivity (Wildman–Crippen MR) is 119 cm³/mol. The van der Waals surface area contributed by atoms with Crippen LogP contribution in [0.4, 0.5) is 14.5 Å². The lowest BCUT2D eigenvalue weighted by atomic mass is 10.0. The highest BCUT2D eigenvalue weighted by molar-refractivity contribution is 9.10. The summed E-state index contributed by atoms with van der Waals surface area (Å²) in [6, 6.07) is 8.20. The minimum Gasteiger partial charge on any atom is -0.489 e. The molecule has 2 aliphatic heterocycles. The fourth-order valence-corrected chi connectivity index (χ4v) is 4.55. The summed E-state index contributed by atoms with van der Waals surface area (Å²) in [5.41, 5.74) is 1.35. The van der Waals surface area contributed by atoms with E-state index in [0.717, 1.165) is 4.47 Å². The molecule has 2 aliphatic rings. The number of aromatic nitrogens is 2. The second kappa shape index (κ2) is 8.26. The van der Waals surface area contributed by atoms with Crippen LogP contribution in [0.5, 0.6) is 5.75 Å². The van der Waals surface area contributed by atoms with Gasteiger partial charge in [0, 0.05) is 35.4 Å². The Hall–Kier alpha value is -3.27. The molecule has 0 saturated carbocycles. The molecule has 0 saturated heterocycles. The molecule has 0 radical (unpaired) electrons. The van der Waals surface area contributed by atoms with Crippen LogP contribution in [0.15, 0.2) is 47.1 Å². The van der Waals surface area contributed by atoms with Gasteiger partial charge in [0.1, 0.15) is 30.0 Å². The third-order valence-electron chi connectivity index (χ3n) is 5.98. The van der Waals surface area contributed by atoms with Gasteiger partial charge in [0.2, 0.25) is 0 Å². The summed E-state index contributed by atoms with van der Waals surface area (Å²) < 4.78 is 36.1. The molecule has 170 valence electrons. The molecule has 3 heterocycles. The molecule has 1 atom stereocenters. The Kier molecular flexibility index (Phi) is 5.40. The molecule has 33 heavy (non-hydrogen) atoms. The van der Waals surface area contributed by atoms with Crippen molar-refractivity contribution in [3.05, 3.63) is 75.5 Å². The number of carbonyl (C=O) groups is 2. The third-order valence-corrected chi connectivity index (χ3v) is 6.47. The van der Waals surface area contributed by atoms with Crippen molar-refractivity contribution < 1.29 is 23.1 Å². The van der Waals surface area contributed by atoms with Crippen molar-refractivity contribution in [2.75, 3.05) is 25.1 Å². The first-order valence-corrected chi connectivity index (χ1v) is 11.1. The first-order chi connectivity index (χ1) is 15.8. The number of hydrogen-bond donors (Lipinski definition) is 0. The van der Waals surface area contributed by atoms with Crippen molar-refractivity contribution >= 4 is 33.4 Å².